The zero-order chi connectivity index (χ0) is 17.8. The van der Waals surface area contributed by atoms with Crippen LogP contribution in [0, 0.1) is 5.92 Å². The van der Waals surface area contributed by atoms with Crippen LogP contribution in [0.2, 0.25) is 0 Å². The van der Waals surface area contributed by atoms with Gasteiger partial charge in [0.1, 0.15) is 0 Å². The highest BCUT2D eigenvalue weighted by molar-refractivity contribution is 5.87. The third-order valence-corrected chi connectivity index (χ3v) is 5.04. The topological polar surface area (TPSA) is 57.6 Å². The lowest BCUT2D eigenvalue weighted by Crippen LogP contribution is -2.42. The van der Waals surface area contributed by atoms with Gasteiger partial charge in [-0.3, -0.25) is 4.79 Å². The fourth-order valence-electron chi connectivity index (χ4n) is 3.62. The maximum Gasteiger partial charge on any atom is 0.335 e. The fourth-order valence-corrected chi connectivity index (χ4v) is 3.62. The average Bonchev–Trinajstić information content (AvgIpc) is 2.62. The summed E-state index contributed by atoms with van der Waals surface area (Å²) < 4.78 is 0. The van der Waals surface area contributed by atoms with E-state index >= 15 is 0 Å². The molecular formula is C21H23NO3. The lowest BCUT2D eigenvalue weighted by Gasteiger charge is -2.37. The van der Waals surface area contributed by atoms with Crippen LogP contribution in [-0.2, 0) is 11.2 Å². The highest BCUT2D eigenvalue weighted by atomic mass is 16.4. The minimum absolute atomic E-state index is 0.112. The molecule has 2 unspecified atom stereocenters. The van der Waals surface area contributed by atoms with Crippen molar-refractivity contribution < 1.29 is 14.7 Å². The second-order valence-corrected chi connectivity index (χ2v) is 6.80. The first-order chi connectivity index (χ1) is 12.0. The van der Waals surface area contributed by atoms with Crippen molar-refractivity contribution in [2.24, 2.45) is 5.92 Å². The van der Waals surface area contributed by atoms with E-state index < -0.39 is 5.97 Å². The number of carboxylic acid groups (broad SMARTS) is 1. The molecule has 4 heteroatoms. The number of piperidine rings is 1. The van der Waals surface area contributed by atoms with Crippen molar-refractivity contribution in [3.05, 3.63) is 71.3 Å². The number of hydrogen-bond acceptors (Lipinski definition) is 2. The second kappa shape index (κ2) is 7.51. The highest BCUT2D eigenvalue weighted by Crippen LogP contribution is 2.32. The van der Waals surface area contributed by atoms with Crippen molar-refractivity contribution in [1.82, 2.24) is 4.90 Å². The van der Waals surface area contributed by atoms with Gasteiger partial charge in [-0.05, 0) is 41.5 Å². The first kappa shape index (κ1) is 17.2. The highest BCUT2D eigenvalue weighted by Gasteiger charge is 2.29. The minimum atomic E-state index is -0.949. The van der Waals surface area contributed by atoms with Crippen LogP contribution in [0.4, 0.5) is 0 Å². The number of nitrogens with zero attached hydrogens (tertiary/aromatic N) is 1. The second-order valence-electron chi connectivity index (χ2n) is 6.80. The number of carboxylic acids is 1. The summed E-state index contributed by atoms with van der Waals surface area (Å²) in [7, 11) is 0. The minimum Gasteiger partial charge on any atom is -0.478 e. The zero-order valence-corrected chi connectivity index (χ0v) is 14.4. The van der Waals surface area contributed by atoms with E-state index in [2.05, 4.69) is 31.2 Å². The number of benzene rings is 2. The standard InChI is InChI=1S/C21H23NO3/c1-15-14-22(12-11-19(15)17-5-3-2-4-6-17)20(23)13-16-7-9-18(10-8-16)21(24)25/h2-10,15,19H,11-14H2,1H3,(H,24,25). The summed E-state index contributed by atoms with van der Waals surface area (Å²) in [4.78, 5) is 25.4. The third-order valence-electron chi connectivity index (χ3n) is 5.04. The van der Waals surface area contributed by atoms with E-state index in [4.69, 9.17) is 5.11 Å². The predicted molar refractivity (Wildman–Crippen MR) is 96.6 cm³/mol. The van der Waals surface area contributed by atoms with Crippen molar-refractivity contribution in [3.8, 4) is 0 Å². The van der Waals surface area contributed by atoms with Crippen LogP contribution in [0.3, 0.4) is 0 Å². The summed E-state index contributed by atoms with van der Waals surface area (Å²) in [5.41, 5.74) is 2.45. The molecule has 1 aliphatic rings. The van der Waals surface area contributed by atoms with Gasteiger partial charge >= 0.3 is 5.97 Å². The van der Waals surface area contributed by atoms with Gasteiger partial charge in [-0.1, -0.05) is 49.4 Å². The number of carbonyl (C=O) groups excluding carboxylic acids is 1. The van der Waals surface area contributed by atoms with Crippen LogP contribution in [0.15, 0.2) is 54.6 Å². The first-order valence-corrected chi connectivity index (χ1v) is 8.69. The number of amides is 1. The van der Waals surface area contributed by atoms with Gasteiger partial charge in [0.2, 0.25) is 5.91 Å². The van der Waals surface area contributed by atoms with E-state index in [0.29, 0.717) is 18.3 Å². The molecule has 1 N–H and O–H groups in total. The normalized spacial score (nSPS) is 20.3. The summed E-state index contributed by atoms with van der Waals surface area (Å²) in [6.07, 6.45) is 1.30. The molecule has 1 fully saturated rings. The smallest absolute Gasteiger partial charge is 0.335 e. The van der Waals surface area contributed by atoms with E-state index in [-0.39, 0.29) is 11.5 Å². The molecule has 2 atom stereocenters. The third kappa shape index (κ3) is 4.08. The van der Waals surface area contributed by atoms with Crippen molar-refractivity contribution in [1.29, 1.82) is 0 Å². The Kier molecular flexibility index (Phi) is 5.17. The van der Waals surface area contributed by atoms with E-state index in [0.717, 1.165) is 25.1 Å². The SMILES string of the molecule is CC1CN(C(=O)Cc2ccc(C(=O)O)cc2)CCC1c1ccccc1. The monoisotopic (exact) mass is 337 g/mol. The Morgan fingerprint density at radius 2 is 1.76 bits per heavy atom. The van der Waals surface area contributed by atoms with Gasteiger partial charge < -0.3 is 10.0 Å². The molecule has 0 radical (unpaired) electrons. The van der Waals surface area contributed by atoms with Gasteiger partial charge in [0.05, 0.1) is 12.0 Å². The molecule has 3 rings (SSSR count). The summed E-state index contributed by atoms with van der Waals surface area (Å²) in [6.45, 7) is 3.75. The van der Waals surface area contributed by atoms with Gasteiger partial charge in [0.25, 0.3) is 0 Å². The molecule has 1 heterocycles. The lowest BCUT2D eigenvalue weighted by molar-refractivity contribution is -0.132. The molecule has 0 aliphatic carbocycles. The van der Waals surface area contributed by atoms with Crippen molar-refractivity contribution in [2.45, 2.75) is 25.7 Å². The average molecular weight is 337 g/mol. The molecule has 0 spiro atoms. The Balaban J connectivity index is 1.60. The molecule has 0 saturated carbocycles. The first-order valence-electron chi connectivity index (χ1n) is 8.69. The van der Waals surface area contributed by atoms with Gasteiger partial charge in [0.15, 0.2) is 0 Å². The number of aromatic carboxylic acids is 1. The van der Waals surface area contributed by atoms with E-state index in [1.807, 2.05) is 11.0 Å². The van der Waals surface area contributed by atoms with Crippen molar-refractivity contribution in [3.63, 3.8) is 0 Å². The maximum absolute atomic E-state index is 12.6. The van der Waals surface area contributed by atoms with Crippen LogP contribution in [-0.4, -0.2) is 35.0 Å². The number of rotatable bonds is 4. The van der Waals surface area contributed by atoms with E-state index in [1.165, 1.54) is 5.56 Å². The van der Waals surface area contributed by atoms with E-state index in [1.54, 1.807) is 24.3 Å². The lowest BCUT2D eigenvalue weighted by atomic mass is 9.81. The summed E-state index contributed by atoms with van der Waals surface area (Å²) in [5.74, 6) is 0.0886. The quantitative estimate of drug-likeness (QED) is 0.928. The molecule has 25 heavy (non-hydrogen) atoms. The molecule has 1 amide bonds. The summed E-state index contributed by atoms with van der Waals surface area (Å²) >= 11 is 0. The van der Waals surface area contributed by atoms with E-state index in [9.17, 15) is 9.59 Å². The number of hydrogen-bond donors (Lipinski definition) is 1. The van der Waals surface area contributed by atoms with Crippen LogP contribution in [0.5, 0.6) is 0 Å². The van der Waals surface area contributed by atoms with Gasteiger partial charge in [0, 0.05) is 13.1 Å². The van der Waals surface area contributed by atoms with Crippen molar-refractivity contribution >= 4 is 11.9 Å². The maximum atomic E-state index is 12.6. The Hall–Kier alpha value is -2.62. The van der Waals surface area contributed by atoms with Crippen LogP contribution in [0.1, 0.15) is 40.7 Å². The largest absolute Gasteiger partial charge is 0.478 e. The Bertz CT molecular complexity index is 739. The zero-order valence-electron chi connectivity index (χ0n) is 14.4. The molecule has 1 aliphatic heterocycles. The number of likely N-dealkylation sites (tertiary alicyclic amines) is 1. The molecule has 4 nitrogen and oxygen atoms in total. The predicted octanol–water partition coefficient (Wildman–Crippen LogP) is 3.58. The van der Waals surface area contributed by atoms with Gasteiger partial charge in [-0.15, -0.1) is 0 Å². The summed E-state index contributed by atoms with van der Waals surface area (Å²) in [6, 6.07) is 17.1. The molecule has 0 aromatic heterocycles. The summed E-state index contributed by atoms with van der Waals surface area (Å²) in [5, 5.41) is 8.93. The van der Waals surface area contributed by atoms with Gasteiger partial charge in [-0.2, -0.15) is 0 Å². The Morgan fingerprint density at radius 1 is 1.08 bits per heavy atom. The van der Waals surface area contributed by atoms with Crippen LogP contribution < -0.4 is 0 Å². The Labute approximate surface area is 148 Å². The fraction of sp³-hybridized carbons (Fsp3) is 0.333. The van der Waals surface area contributed by atoms with Crippen LogP contribution in [0.25, 0.3) is 0 Å². The Morgan fingerprint density at radius 3 is 2.36 bits per heavy atom. The number of carbonyl (C=O) groups is 2. The molecule has 2 aromatic carbocycles. The molecule has 0 bridgehead atoms. The molecule has 2 aromatic rings. The molecule has 1 saturated heterocycles. The van der Waals surface area contributed by atoms with Crippen LogP contribution >= 0.6 is 0 Å². The van der Waals surface area contributed by atoms with Gasteiger partial charge in [-0.25, -0.2) is 4.79 Å². The molecule has 130 valence electrons. The molecular weight excluding hydrogens is 314 g/mol. The van der Waals surface area contributed by atoms with Crippen molar-refractivity contribution in [2.75, 3.05) is 13.1 Å².